The first kappa shape index (κ1) is 15.9. The van der Waals surface area contributed by atoms with Crippen LogP contribution in [0.3, 0.4) is 0 Å². The maximum absolute atomic E-state index is 12.7. The lowest BCUT2D eigenvalue weighted by atomic mass is 10.1. The molecular formula is C18H18N2OS2. The van der Waals surface area contributed by atoms with E-state index in [4.69, 9.17) is 0 Å². The fraction of sp³-hybridized carbons (Fsp3) is 0.222. The van der Waals surface area contributed by atoms with Crippen molar-refractivity contribution in [3.05, 3.63) is 74.9 Å². The van der Waals surface area contributed by atoms with Crippen molar-refractivity contribution < 1.29 is 4.79 Å². The number of amides is 1. The summed E-state index contributed by atoms with van der Waals surface area (Å²) in [7, 11) is 0. The Bertz CT molecular complexity index is 673. The summed E-state index contributed by atoms with van der Waals surface area (Å²) in [4.78, 5) is 21.2. The maximum atomic E-state index is 12.7. The smallest absolute Gasteiger partial charge is 0.223 e. The summed E-state index contributed by atoms with van der Waals surface area (Å²) in [6, 6.07) is 12.2. The third-order valence-electron chi connectivity index (χ3n) is 3.56. The standard InChI is InChI=1S/C18H18N2OS2/c21-18(8-7-15-4-1-9-19-12-15)20(13-16-5-2-10-22-16)14-17-6-3-11-23-17/h1-6,9-12H,7-8,13-14H2. The molecule has 0 aliphatic rings. The Labute approximate surface area is 144 Å². The number of hydrogen-bond acceptors (Lipinski definition) is 4. The van der Waals surface area contributed by atoms with Gasteiger partial charge in [0.05, 0.1) is 13.1 Å². The minimum absolute atomic E-state index is 0.190. The number of aryl methyl sites for hydroxylation is 1. The number of thiophene rings is 2. The number of carbonyl (C=O) groups excluding carboxylic acids is 1. The highest BCUT2D eigenvalue weighted by Gasteiger charge is 2.15. The normalized spacial score (nSPS) is 10.6. The molecule has 5 heteroatoms. The molecule has 23 heavy (non-hydrogen) atoms. The molecule has 0 fully saturated rings. The minimum atomic E-state index is 0.190. The second kappa shape index (κ2) is 8.04. The first-order valence-electron chi connectivity index (χ1n) is 7.53. The topological polar surface area (TPSA) is 33.2 Å². The number of aromatic nitrogens is 1. The van der Waals surface area contributed by atoms with Gasteiger partial charge in [-0.2, -0.15) is 0 Å². The molecule has 0 bridgehead atoms. The van der Waals surface area contributed by atoms with Gasteiger partial charge in [-0.05, 0) is 40.9 Å². The van der Waals surface area contributed by atoms with Gasteiger partial charge < -0.3 is 4.90 Å². The molecule has 3 aromatic heterocycles. The predicted molar refractivity (Wildman–Crippen MR) is 95.5 cm³/mol. The summed E-state index contributed by atoms with van der Waals surface area (Å²) in [6.07, 6.45) is 4.84. The summed E-state index contributed by atoms with van der Waals surface area (Å²) >= 11 is 3.39. The zero-order chi connectivity index (χ0) is 15.9. The summed E-state index contributed by atoms with van der Waals surface area (Å²) in [5.74, 6) is 0.190. The summed E-state index contributed by atoms with van der Waals surface area (Å²) in [6.45, 7) is 1.36. The van der Waals surface area contributed by atoms with Gasteiger partial charge in [-0.3, -0.25) is 9.78 Å². The molecule has 0 unspecified atom stereocenters. The number of rotatable bonds is 7. The van der Waals surface area contributed by atoms with E-state index >= 15 is 0 Å². The SMILES string of the molecule is O=C(CCc1cccnc1)N(Cc1cccs1)Cc1cccs1. The van der Waals surface area contributed by atoms with Crippen LogP contribution in [0.4, 0.5) is 0 Å². The highest BCUT2D eigenvalue weighted by atomic mass is 32.1. The van der Waals surface area contributed by atoms with Crippen molar-refractivity contribution >= 4 is 28.6 Å². The monoisotopic (exact) mass is 342 g/mol. The number of carbonyl (C=O) groups is 1. The highest BCUT2D eigenvalue weighted by Crippen LogP contribution is 2.18. The molecule has 0 aliphatic carbocycles. The van der Waals surface area contributed by atoms with Crippen molar-refractivity contribution in [1.29, 1.82) is 0 Å². The van der Waals surface area contributed by atoms with Crippen molar-refractivity contribution in [1.82, 2.24) is 9.88 Å². The van der Waals surface area contributed by atoms with E-state index in [-0.39, 0.29) is 5.91 Å². The van der Waals surface area contributed by atoms with Crippen LogP contribution in [0.25, 0.3) is 0 Å². The molecule has 0 atom stereocenters. The predicted octanol–water partition coefficient (Wildman–Crippen LogP) is 4.37. The van der Waals surface area contributed by atoms with Crippen LogP contribution in [0.5, 0.6) is 0 Å². The molecule has 0 aromatic carbocycles. The zero-order valence-electron chi connectivity index (χ0n) is 12.7. The second-order valence-electron chi connectivity index (χ2n) is 5.27. The Kier molecular flexibility index (Phi) is 5.56. The summed E-state index contributed by atoms with van der Waals surface area (Å²) < 4.78 is 0. The minimum Gasteiger partial charge on any atom is -0.332 e. The third kappa shape index (κ3) is 4.74. The Morgan fingerprint density at radius 2 is 1.70 bits per heavy atom. The van der Waals surface area contributed by atoms with Gasteiger partial charge in [-0.15, -0.1) is 22.7 Å². The molecule has 0 radical (unpaired) electrons. The quantitative estimate of drug-likeness (QED) is 0.639. The van der Waals surface area contributed by atoms with E-state index in [0.29, 0.717) is 19.5 Å². The first-order chi connectivity index (χ1) is 11.3. The van der Waals surface area contributed by atoms with Gasteiger partial charge in [0.1, 0.15) is 0 Å². The molecule has 0 saturated carbocycles. The molecule has 118 valence electrons. The fourth-order valence-electron chi connectivity index (χ4n) is 2.37. The van der Waals surface area contributed by atoms with E-state index in [1.54, 1.807) is 28.9 Å². The van der Waals surface area contributed by atoms with E-state index in [1.165, 1.54) is 9.75 Å². The van der Waals surface area contributed by atoms with E-state index in [0.717, 1.165) is 12.0 Å². The van der Waals surface area contributed by atoms with Crippen LogP contribution < -0.4 is 0 Å². The van der Waals surface area contributed by atoms with Gasteiger partial charge in [0.15, 0.2) is 0 Å². The van der Waals surface area contributed by atoms with E-state index in [1.807, 2.05) is 35.4 Å². The van der Waals surface area contributed by atoms with Gasteiger partial charge in [-0.1, -0.05) is 18.2 Å². The Morgan fingerprint density at radius 1 is 1.00 bits per heavy atom. The van der Waals surface area contributed by atoms with Crippen molar-refractivity contribution in [2.45, 2.75) is 25.9 Å². The molecule has 3 aromatic rings. The Balaban J connectivity index is 1.65. The molecule has 3 nitrogen and oxygen atoms in total. The molecule has 0 spiro atoms. The third-order valence-corrected chi connectivity index (χ3v) is 5.28. The van der Waals surface area contributed by atoms with Crippen LogP contribution in [0.2, 0.25) is 0 Å². The van der Waals surface area contributed by atoms with Crippen LogP contribution in [0.15, 0.2) is 59.6 Å². The molecule has 3 heterocycles. The van der Waals surface area contributed by atoms with Crippen molar-refractivity contribution in [3.8, 4) is 0 Å². The zero-order valence-corrected chi connectivity index (χ0v) is 14.4. The van der Waals surface area contributed by atoms with Gasteiger partial charge in [-0.25, -0.2) is 0 Å². The molecule has 0 saturated heterocycles. The van der Waals surface area contributed by atoms with Gasteiger partial charge in [0, 0.05) is 28.6 Å². The molecule has 0 N–H and O–H groups in total. The molecular weight excluding hydrogens is 324 g/mol. The van der Waals surface area contributed by atoms with E-state index in [2.05, 4.69) is 27.9 Å². The number of nitrogens with zero attached hydrogens (tertiary/aromatic N) is 2. The number of hydrogen-bond donors (Lipinski definition) is 0. The summed E-state index contributed by atoms with van der Waals surface area (Å²) in [5, 5.41) is 4.11. The second-order valence-corrected chi connectivity index (χ2v) is 7.33. The van der Waals surface area contributed by atoms with Gasteiger partial charge >= 0.3 is 0 Å². The van der Waals surface area contributed by atoms with E-state index in [9.17, 15) is 4.79 Å². The maximum Gasteiger partial charge on any atom is 0.223 e. The lowest BCUT2D eigenvalue weighted by molar-refractivity contribution is -0.132. The van der Waals surface area contributed by atoms with E-state index < -0.39 is 0 Å². The van der Waals surface area contributed by atoms with Crippen LogP contribution in [0.1, 0.15) is 21.7 Å². The average molecular weight is 342 g/mol. The van der Waals surface area contributed by atoms with Gasteiger partial charge in [0.25, 0.3) is 0 Å². The van der Waals surface area contributed by atoms with Crippen LogP contribution in [-0.4, -0.2) is 15.8 Å². The molecule has 1 amide bonds. The van der Waals surface area contributed by atoms with Gasteiger partial charge in [0.2, 0.25) is 5.91 Å². The Morgan fingerprint density at radius 3 is 2.22 bits per heavy atom. The van der Waals surface area contributed by atoms with Crippen molar-refractivity contribution in [2.24, 2.45) is 0 Å². The molecule has 3 rings (SSSR count). The van der Waals surface area contributed by atoms with Crippen LogP contribution in [0, 0.1) is 0 Å². The highest BCUT2D eigenvalue weighted by molar-refractivity contribution is 7.10. The average Bonchev–Trinajstić information content (AvgIpc) is 3.27. The first-order valence-corrected chi connectivity index (χ1v) is 9.28. The largest absolute Gasteiger partial charge is 0.332 e. The fourth-order valence-corrected chi connectivity index (χ4v) is 3.81. The lowest BCUT2D eigenvalue weighted by Crippen LogP contribution is -2.29. The van der Waals surface area contributed by atoms with Crippen molar-refractivity contribution in [2.75, 3.05) is 0 Å². The molecule has 0 aliphatic heterocycles. The van der Waals surface area contributed by atoms with Crippen LogP contribution in [-0.2, 0) is 24.3 Å². The lowest BCUT2D eigenvalue weighted by Gasteiger charge is -2.21. The Hall–Kier alpha value is -1.98. The van der Waals surface area contributed by atoms with Crippen LogP contribution >= 0.6 is 22.7 Å². The summed E-state index contributed by atoms with van der Waals surface area (Å²) in [5.41, 5.74) is 1.10. The number of pyridine rings is 1. The van der Waals surface area contributed by atoms with Crippen molar-refractivity contribution in [3.63, 3.8) is 0 Å².